The minimum Gasteiger partial charge on any atom is -0.467 e. The second-order valence-corrected chi connectivity index (χ2v) is 5.26. The molecule has 2 heterocycles. The molecule has 0 bridgehead atoms. The monoisotopic (exact) mass is 283 g/mol. The highest BCUT2D eigenvalue weighted by Gasteiger charge is 2.15. The first-order valence-corrected chi connectivity index (χ1v) is 7.56. The molecule has 0 spiro atoms. The molecule has 1 fully saturated rings. The first-order valence-electron chi connectivity index (χ1n) is 7.56. The van der Waals surface area contributed by atoms with Gasteiger partial charge in [-0.1, -0.05) is 18.2 Å². The fraction of sp³-hybridized carbons (Fsp3) is 0.353. The number of piperidine rings is 1. The second kappa shape index (κ2) is 6.97. The number of hydrogen-bond donors (Lipinski definition) is 1. The van der Waals surface area contributed by atoms with Crippen molar-refractivity contribution in [3.63, 3.8) is 0 Å². The van der Waals surface area contributed by atoms with Crippen LogP contribution in [0.25, 0.3) is 0 Å². The largest absolute Gasteiger partial charge is 0.467 e. The summed E-state index contributed by atoms with van der Waals surface area (Å²) in [6.07, 6.45) is 5.47. The number of benzene rings is 1. The smallest absolute Gasteiger partial charge is 0.198 e. The Morgan fingerprint density at radius 3 is 2.57 bits per heavy atom. The molecular weight excluding hydrogens is 262 g/mol. The molecule has 3 rings (SSSR count). The number of anilines is 1. The fourth-order valence-corrected chi connectivity index (χ4v) is 2.53. The lowest BCUT2D eigenvalue weighted by Crippen LogP contribution is -2.40. The lowest BCUT2D eigenvalue weighted by Gasteiger charge is -2.30. The first kappa shape index (κ1) is 13.7. The van der Waals surface area contributed by atoms with Gasteiger partial charge in [-0.05, 0) is 43.5 Å². The van der Waals surface area contributed by atoms with Gasteiger partial charge in [0.2, 0.25) is 0 Å². The Balaban J connectivity index is 1.74. The average Bonchev–Trinajstić information content (AvgIpc) is 3.07. The van der Waals surface area contributed by atoms with Crippen LogP contribution >= 0.6 is 0 Å². The van der Waals surface area contributed by atoms with Crippen molar-refractivity contribution in [2.24, 2.45) is 4.99 Å². The Morgan fingerprint density at radius 1 is 1.05 bits per heavy atom. The number of likely N-dealkylation sites (tertiary alicyclic amines) is 1. The van der Waals surface area contributed by atoms with Gasteiger partial charge in [0.1, 0.15) is 12.3 Å². The third-order valence-corrected chi connectivity index (χ3v) is 3.65. The Bertz CT molecular complexity index is 557. The Morgan fingerprint density at radius 2 is 1.86 bits per heavy atom. The minimum atomic E-state index is 0.568. The number of aliphatic imine (C=N–C) groups is 1. The first-order chi connectivity index (χ1) is 10.4. The maximum atomic E-state index is 5.37. The van der Waals surface area contributed by atoms with E-state index in [-0.39, 0.29) is 0 Å². The fourth-order valence-electron chi connectivity index (χ4n) is 2.53. The van der Waals surface area contributed by atoms with Gasteiger partial charge in [-0.15, -0.1) is 0 Å². The van der Waals surface area contributed by atoms with E-state index in [1.165, 1.54) is 19.3 Å². The number of hydrogen-bond acceptors (Lipinski definition) is 2. The van der Waals surface area contributed by atoms with Crippen molar-refractivity contribution in [1.82, 2.24) is 4.90 Å². The van der Waals surface area contributed by atoms with E-state index in [0.717, 1.165) is 30.5 Å². The van der Waals surface area contributed by atoms with Crippen molar-refractivity contribution in [2.75, 3.05) is 18.4 Å². The zero-order valence-corrected chi connectivity index (χ0v) is 12.2. The van der Waals surface area contributed by atoms with Crippen molar-refractivity contribution < 1.29 is 4.42 Å². The zero-order chi connectivity index (χ0) is 14.3. The summed E-state index contributed by atoms with van der Waals surface area (Å²) in [6, 6.07) is 14.1. The lowest BCUT2D eigenvalue weighted by molar-refractivity contribution is 0.340. The quantitative estimate of drug-likeness (QED) is 0.689. The molecule has 0 amide bonds. The summed E-state index contributed by atoms with van der Waals surface area (Å²) in [5.41, 5.74) is 1.07. The van der Waals surface area contributed by atoms with Gasteiger partial charge in [-0.25, -0.2) is 4.99 Å². The number of guanidine groups is 1. The van der Waals surface area contributed by atoms with E-state index in [1.54, 1.807) is 6.26 Å². The van der Waals surface area contributed by atoms with Crippen LogP contribution in [0.2, 0.25) is 0 Å². The van der Waals surface area contributed by atoms with Gasteiger partial charge in [0.25, 0.3) is 0 Å². The molecule has 4 nitrogen and oxygen atoms in total. The molecule has 1 saturated heterocycles. The highest BCUT2D eigenvalue weighted by Crippen LogP contribution is 2.13. The average molecular weight is 283 g/mol. The molecule has 0 aliphatic carbocycles. The summed E-state index contributed by atoms with van der Waals surface area (Å²) in [5.74, 6) is 1.83. The summed E-state index contributed by atoms with van der Waals surface area (Å²) in [5, 5.41) is 3.45. The van der Waals surface area contributed by atoms with E-state index >= 15 is 0 Å². The van der Waals surface area contributed by atoms with Gasteiger partial charge < -0.3 is 14.6 Å². The molecule has 21 heavy (non-hydrogen) atoms. The van der Waals surface area contributed by atoms with Crippen LogP contribution in [0.1, 0.15) is 25.0 Å². The number of furan rings is 1. The molecule has 0 atom stereocenters. The van der Waals surface area contributed by atoms with Gasteiger partial charge in [-0.2, -0.15) is 0 Å². The summed E-state index contributed by atoms with van der Waals surface area (Å²) < 4.78 is 5.37. The highest BCUT2D eigenvalue weighted by molar-refractivity contribution is 5.93. The van der Waals surface area contributed by atoms with Crippen molar-refractivity contribution >= 4 is 11.6 Å². The maximum Gasteiger partial charge on any atom is 0.198 e. The molecule has 0 unspecified atom stereocenters. The third-order valence-electron chi connectivity index (χ3n) is 3.65. The van der Waals surface area contributed by atoms with Crippen molar-refractivity contribution in [1.29, 1.82) is 0 Å². The minimum absolute atomic E-state index is 0.568. The number of rotatable bonds is 3. The van der Waals surface area contributed by atoms with Crippen LogP contribution in [-0.4, -0.2) is 23.9 Å². The van der Waals surface area contributed by atoms with Crippen LogP contribution in [-0.2, 0) is 6.54 Å². The normalized spacial score (nSPS) is 16.0. The molecule has 110 valence electrons. The molecule has 0 saturated carbocycles. The third kappa shape index (κ3) is 3.88. The van der Waals surface area contributed by atoms with Crippen LogP contribution in [0.15, 0.2) is 58.1 Å². The highest BCUT2D eigenvalue weighted by atomic mass is 16.3. The van der Waals surface area contributed by atoms with Gasteiger partial charge in [0, 0.05) is 18.8 Å². The second-order valence-electron chi connectivity index (χ2n) is 5.26. The predicted octanol–water partition coefficient (Wildman–Crippen LogP) is 3.73. The Hall–Kier alpha value is -2.23. The van der Waals surface area contributed by atoms with Gasteiger partial charge in [-0.3, -0.25) is 0 Å². The summed E-state index contributed by atoms with van der Waals surface area (Å²) in [7, 11) is 0. The molecule has 4 heteroatoms. The van der Waals surface area contributed by atoms with Crippen LogP contribution < -0.4 is 5.32 Å². The van der Waals surface area contributed by atoms with Gasteiger partial charge >= 0.3 is 0 Å². The molecule has 0 radical (unpaired) electrons. The van der Waals surface area contributed by atoms with Gasteiger partial charge in [0.05, 0.1) is 6.26 Å². The molecule has 1 aliphatic heterocycles. The van der Waals surface area contributed by atoms with Crippen LogP contribution in [0.3, 0.4) is 0 Å². The van der Waals surface area contributed by atoms with E-state index in [0.29, 0.717) is 6.54 Å². The molecule has 1 aliphatic rings. The molecule has 1 N–H and O–H groups in total. The van der Waals surface area contributed by atoms with E-state index in [1.807, 2.05) is 30.3 Å². The SMILES string of the molecule is c1ccc(NC(=NCc2ccco2)N2CCCCC2)cc1. The maximum absolute atomic E-state index is 5.37. The summed E-state index contributed by atoms with van der Waals surface area (Å²) >= 11 is 0. The van der Waals surface area contributed by atoms with Crippen molar-refractivity contribution in [2.45, 2.75) is 25.8 Å². The summed E-state index contributed by atoms with van der Waals surface area (Å²) in [4.78, 5) is 7.06. The van der Waals surface area contributed by atoms with E-state index in [2.05, 4.69) is 22.3 Å². The van der Waals surface area contributed by atoms with Crippen LogP contribution in [0, 0.1) is 0 Å². The predicted molar refractivity (Wildman–Crippen MR) is 85.3 cm³/mol. The molecule has 1 aromatic carbocycles. The Kier molecular flexibility index (Phi) is 4.56. The standard InChI is InChI=1S/C17H21N3O/c1-3-8-15(9-4-1)19-17(20-11-5-2-6-12-20)18-14-16-10-7-13-21-16/h1,3-4,7-10,13H,2,5-6,11-12,14H2,(H,18,19). The molecule has 2 aromatic rings. The summed E-state index contributed by atoms with van der Waals surface area (Å²) in [6.45, 7) is 2.70. The number of nitrogens with one attached hydrogen (secondary N) is 1. The van der Waals surface area contributed by atoms with Crippen LogP contribution in [0.5, 0.6) is 0 Å². The molecule has 1 aromatic heterocycles. The van der Waals surface area contributed by atoms with E-state index < -0.39 is 0 Å². The zero-order valence-electron chi connectivity index (χ0n) is 12.2. The van der Waals surface area contributed by atoms with E-state index in [4.69, 9.17) is 9.41 Å². The Labute approximate surface area is 125 Å². The van der Waals surface area contributed by atoms with E-state index in [9.17, 15) is 0 Å². The molecular formula is C17H21N3O. The number of para-hydroxylation sites is 1. The van der Waals surface area contributed by atoms with Crippen LogP contribution in [0.4, 0.5) is 5.69 Å². The van der Waals surface area contributed by atoms with Gasteiger partial charge in [0.15, 0.2) is 5.96 Å². The van der Waals surface area contributed by atoms with Crippen molar-refractivity contribution in [3.05, 3.63) is 54.5 Å². The van der Waals surface area contributed by atoms with Crippen molar-refractivity contribution in [3.8, 4) is 0 Å². The lowest BCUT2D eigenvalue weighted by atomic mass is 10.1. The topological polar surface area (TPSA) is 40.8 Å². The number of nitrogens with zero attached hydrogens (tertiary/aromatic N) is 2.